The normalized spacial score (nSPS) is 9.71. The van der Waals surface area contributed by atoms with Crippen molar-refractivity contribution in [1.82, 2.24) is 19.7 Å². The van der Waals surface area contributed by atoms with E-state index in [-0.39, 0.29) is 0 Å². The summed E-state index contributed by atoms with van der Waals surface area (Å²) in [5.74, 6) is 0.519. The minimum atomic E-state index is 0.487. The summed E-state index contributed by atoms with van der Waals surface area (Å²) in [4.78, 5) is 8.03. The number of rotatable bonds is 1. The number of hydrogen-bond donors (Lipinski definition) is 0. The van der Waals surface area contributed by atoms with Crippen LogP contribution in [-0.2, 0) is 0 Å². The number of aryl methyl sites for hydroxylation is 1. The fourth-order valence-corrected chi connectivity index (χ4v) is 1.12. The summed E-state index contributed by atoms with van der Waals surface area (Å²) in [6.07, 6.45) is 2.92. The monoisotopic (exact) mass is 185 g/mol. The van der Waals surface area contributed by atoms with Crippen LogP contribution in [0, 0.1) is 18.3 Å². The standard InChI is InChI=1S/C9H7N5/c1-7-2-3-8(4-10)9(13-7)14-6-11-5-12-14/h2-3,5-6H,1H3. The Bertz CT molecular complexity index is 480. The lowest BCUT2D eigenvalue weighted by Crippen LogP contribution is -2.02. The van der Waals surface area contributed by atoms with Crippen molar-refractivity contribution in [2.75, 3.05) is 0 Å². The molecule has 2 heterocycles. The zero-order valence-electron chi connectivity index (χ0n) is 7.55. The van der Waals surface area contributed by atoms with Gasteiger partial charge in [0.05, 0.1) is 5.56 Å². The molecule has 0 unspecified atom stereocenters. The Morgan fingerprint density at radius 1 is 1.43 bits per heavy atom. The van der Waals surface area contributed by atoms with E-state index >= 15 is 0 Å². The van der Waals surface area contributed by atoms with Crippen molar-refractivity contribution in [3.63, 3.8) is 0 Å². The van der Waals surface area contributed by atoms with Gasteiger partial charge in [-0.2, -0.15) is 10.4 Å². The summed E-state index contributed by atoms with van der Waals surface area (Å²) in [6.45, 7) is 1.86. The van der Waals surface area contributed by atoms with E-state index in [1.54, 1.807) is 12.1 Å². The smallest absolute Gasteiger partial charge is 0.173 e. The van der Waals surface area contributed by atoms with Gasteiger partial charge in [-0.05, 0) is 19.1 Å². The third-order valence-corrected chi connectivity index (χ3v) is 1.77. The van der Waals surface area contributed by atoms with Crippen LogP contribution in [0.4, 0.5) is 0 Å². The maximum atomic E-state index is 8.86. The zero-order valence-corrected chi connectivity index (χ0v) is 7.55. The highest BCUT2D eigenvalue weighted by molar-refractivity contribution is 5.43. The van der Waals surface area contributed by atoms with Gasteiger partial charge in [0.2, 0.25) is 0 Å². The van der Waals surface area contributed by atoms with Crippen LogP contribution in [0.1, 0.15) is 11.3 Å². The Morgan fingerprint density at radius 3 is 2.93 bits per heavy atom. The van der Waals surface area contributed by atoms with Gasteiger partial charge in [-0.25, -0.2) is 14.6 Å². The Balaban J connectivity index is 2.63. The van der Waals surface area contributed by atoms with Crippen molar-refractivity contribution in [1.29, 1.82) is 5.26 Å². The highest BCUT2D eigenvalue weighted by atomic mass is 15.3. The second-order valence-corrected chi connectivity index (χ2v) is 2.78. The largest absolute Gasteiger partial charge is 0.233 e. The molecule has 0 radical (unpaired) electrons. The molecular formula is C9H7N5. The van der Waals surface area contributed by atoms with Crippen molar-refractivity contribution >= 4 is 0 Å². The molecule has 5 nitrogen and oxygen atoms in total. The van der Waals surface area contributed by atoms with E-state index in [0.29, 0.717) is 11.4 Å². The molecule has 0 atom stereocenters. The highest BCUT2D eigenvalue weighted by Gasteiger charge is 2.06. The predicted molar refractivity (Wildman–Crippen MR) is 48.6 cm³/mol. The van der Waals surface area contributed by atoms with Crippen molar-refractivity contribution in [2.24, 2.45) is 0 Å². The second-order valence-electron chi connectivity index (χ2n) is 2.78. The average molecular weight is 185 g/mol. The van der Waals surface area contributed by atoms with E-state index in [9.17, 15) is 0 Å². The van der Waals surface area contributed by atoms with Crippen LogP contribution in [0.15, 0.2) is 24.8 Å². The lowest BCUT2D eigenvalue weighted by Gasteiger charge is -2.02. The molecule has 68 valence electrons. The average Bonchev–Trinajstić information content (AvgIpc) is 2.70. The fraction of sp³-hybridized carbons (Fsp3) is 0.111. The highest BCUT2D eigenvalue weighted by Crippen LogP contribution is 2.09. The number of hydrogen-bond acceptors (Lipinski definition) is 4. The van der Waals surface area contributed by atoms with E-state index in [1.165, 1.54) is 17.3 Å². The molecule has 0 amide bonds. The van der Waals surface area contributed by atoms with Crippen LogP contribution in [0.5, 0.6) is 0 Å². The van der Waals surface area contributed by atoms with Crippen molar-refractivity contribution in [3.8, 4) is 11.9 Å². The molecule has 0 spiro atoms. The molecule has 0 aromatic carbocycles. The van der Waals surface area contributed by atoms with Crippen LogP contribution < -0.4 is 0 Å². The summed E-state index contributed by atoms with van der Waals surface area (Å²) < 4.78 is 1.48. The minimum absolute atomic E-state index is 0.487. The van der Waals surface area contributed by atoms with E-state index in [4.69, 9.17) is 5.26 Å². The molecule has 0 bridgehead atoms. The fourth-order valence-electron chi connectivity index (χ4n) is 1.12. The molecule has 5 heteroatoms. The first kappa shape index (κ1) is 8.38. The first-order valence-corrected chi connectivity index (χ1v) is 4.04. The molecule has 14 heavy (non-hydrogen) atoms. The molecule has 2 rings (SSSR count). The summed E-state index contributed by atoms with van der Waals surface area (Å²) in [7, 11) is 0. The van der Waals surface area contributed by atoms with Gasteiger partial charge in [0, 0.05) is 5.69 Å². The Kier molecular flexibility index (Phi) is 1.95. The third-order valence-electron chi connectivity index (χ3n) is 1.77. The van der Waals surface area contributed by atoms with Gasteiger partial charge in [0.25, 0.3) is 0 Å². The van der Waals surface area contributed by atoms with Gasteiger partial charge < -0.3 is 0 Å². The predicted octanol–water partition coefficient (Wildman–Crippen LogP) is 0.842. The Hall–Kier alpha value is -2.22. The van der Waals surface area contributed by atoms with Gasteiger partial charge >= 0.3 is 0 Å². The number of nitriles is 1. The van der Waals surface area contributed by atoms with Gasteiger partial charge in [0.1, 0.15) is 18.7 Å². The molecule has 0 aliphatic carbocycles. The molecule has 0 saturated carbocycles. The third kappa shape index (κ3) is 1.33. The molecular weight excluding hydrogens is 178 g/mol. The first-order valence-electron chi connectivity index (χ1n) is 4.04. The maximum Gasteiger partial charge on any atom is 0.173 e. The first-order chi connectivity index (χ1) is 6.81. The second kappa shape index (κ2) is 3.26. The van der Waals surface area contributed by atoms with Crippen LogP contribution in [0.2, 0.25) is 0 Å². The zero-order chi connectivity index (χ0) is 9.97. The van der Waals surface area contributed by atoms with E-state index in [1.807, 2.05) is 6.92 Å². The van der Waals surface area contributed by atoms with Crippen LogP contribution in [0.25, 0.3) is 5.82 Å². The van der Waals surface area contributed by atoms with Crippen LogP contribution in [0.3, 0.4) is 0 Å². The van der Waals surface area contributed by atoms with Gasteiger partial charge in [-0.15, -0.1) is 0 Å². The molecule has 0 aliphatic heterocycles. The molecule has 2 aromatic rings. The van der Waals surface area contributed by atoms with Gasteiger partial charge in [-0.3, -0.25) is 0 Å². The quantitative estimate of drug-likeness (QED) is 0.660. The summed E-state index contributed by atoms with van der Waals surface area (Å²) in [5, 5.41) is 12.8. The summed E-state index contributed by atoms with van der Waals surface area (Å²) in [6, 6.07) is 5.57. The van der Waals surface area contributed by atoms with E-state index in [0.717, 1.165) is 5.69 Å². The summed E-state index contributed by atoms with van der Waals surface area (Å²) >= 11 is 0. The minimum Gasteiger partial charge on any atom is -0.233 e. The Labute approximate surface area is 80.7 Å². The summed E-state index contributed by atoms with van der Waals surface area (Å²) in [5.41, 5.74) is 1.33. The molecule has 0 N–H and O–H groups in total. The van der Waals surface area contributed by atoms with Crippen molar-refractivity contribution in [2.45, 2.75) is 6.92 Å². The molecule has 0 aliphatic rings. The molecule has 2 aromatic heterocycles. The van der Waals surface area contributed by atoms with Crippen LogP contribution >= 0.6 is 0 Å². The van der Waals surface area contributed by atoms with E-state index in [2.05, 4.69) is 21.1 Å². The lowest BCUT2D eigenvalue weighted by atomic mass is 10.2. The Morgan fingerprint density at radius 2 is 2.29 bits per heavy atom. The van der Waals surface area contributed by atoms with Gasteiger partial charge in [-0.1, -0.05) is 0 Å². The SMILES string of the molecule is Cc1ccc(C#N)c(-n2cncn2)n1. The van der Waals surface area contributed by atoms with Crippen molar-refractivity contribution < 1.29 is 0 Å². The van der Waals surface area contributed by atoms with E-state index < -0.39 is 0 Å². The topological polar surface area (TPSA) is 67.4 Å². The number of pyridine rings is 1. The lowest BCUT2D eigenvalue weighted by molar-refractivity contribution is 0.835. The van der Waals surface area contributed by atoms with Gasteiger partial charge in [0.15, 0.2) is 5.82 Å². The maximum absolute atomic E-state index is 8.86. The van der Waals surface area contributed by atoms with Crippen LogP contribution in [-0.4, -0.2) is 19.7 Å². The van der Waals surface area contributed by atoms with Crippen molar-refractivity contribution in [3.05, 3.63) is 36.0 Å². The number of nitrogens with zero attached hydrogens (tertiary/aromatic N) is 5. The number of aromatic nitrogens is 4. The molecule has 0 saturated heterocycles. The molecule has 0 fully saturated rings.